The van der Waals surface area contributed by atoms with Crippen molar-refractivity contribution in [1.82, 2.24) is 14.7 Å². The molecule has 3 rings (SSSR count). The second-order valence-corrected chi connectivity index (χ2v) is 8.61. The molecule has 7 heteroatoms. The minimum absolute atomic E-state index is 0.197. The maximum absolute atomic E-state index is 10.6. The Bertz CT molecular complexity index is 1050. The van der Waals surface area contributed by atoms with E-state index in [-0.39, 0.29) is 12.6 Å². The van der Waals surface area contributed by atoms with Gasteiger partial charge in [-0.3, -0.25) is 4.90 Å². The molecule has 0 spiro atoms. The second-order valence-electron chi connectivity index (χ2n) is 8.61. The van der Waals surface area contributed by atoms with Gasteiger partial charge >= 0.3 is 0 Å². The van der Waals surface area contributed by atoms with E-state index in [0.717, 1.165) is 29.1 Å². The maximum Gasteiger partial charge on any atom is 0.227 e. The monoisotopic (exact) mass is 479 g/mol. The topological polar surface area (TPSA) is 69.0 Å². The van der Waals surface area contributed by atoms with E-state index in [2.05, 4.69) is 32.3 Å². The molecule has 2 aromatic carbocycles. The van der Waals surface area contributed by atoms with Gasteiger partial charge in [-0.15, -0.1) is 6.58 Å². The number of hydrogen-bond acceptors (Lipinski definition) is 6. The number of ether oxygens (including phenoxy) is 3. The SMILES string of the molecule is C=CCOCC(O)CN(Cc1c(CC)nn(-c2ccccc2)c1Oc1ccc(OC)cc1)C(C)C. The lowest BCUT2D eigenvalue weighted by atomic mass is 10.1. The molecule has 35 heavy (non-hydrogen) atoms. The number of para-hydroxylation sites is 1. The van der Waals surface area contributed by atoms with Gasteiger partial charge in [0.25, 0.3) is 0 Å². The van der Waals surface area contributed by atoms with E-state index in [4.69, 9.17) is 19.3 Å². The van der Waals surface area contributed by atoms with Crippen LogP contribution >= 0.6 is 0 Å². The molecule has 1 N–H and O–H groups in total. The average Bonchev–Trinajstić information content (AvgIpc) is 3.21. The van der Waals surface area contributed by atoms with Gasteiger partial charge < -0.3 is 19.3 Å². The fraction of sp³-hybridized carbons (Fsp3) is 0.393. The molecule has 0 fully saturated rings. The van der Waals surface area contributed by atoms with Crippen LogP contribution < -0.4 is 9.47 Å². The van der Waals surface area contributed by atoms with Gasteiger partial charge in [-0.2, -0.15) is 5.10 Å². The van der Waals surface area contributed by atoms with E-state index in [1.54, 1.807) is 13.2 Å². The lowest BCUT2D eigenvalue weighted by Gasteiger charge is -2.29. The van der Waals surface area contributed by atoms with Crippen molar-refractivity contribution in [2.75, 3.05) is 26.9 Å². The number of rotatable bonds is 14. The first-order chi connectivity index (χ1) is 17.0. The molecule has 188 valence electrons. The van der Waals surface area contributed by atoms with Gasteiger partial charge in [-0.1, -0.05) is 31.2 Å². The maximum atomic E-state index is 10.6. The van der Waals surface area contributed by atoms with E-state index in [1.165, 1.54) is 0 Å². The van der Waals surface area contributed by atoms with Crippen LogP contribution in [0.15, 0.2) is 67.3 Å². The number of benzene rings is 2. The van der Waals surface area contributed by atoms with Crippen molar-refractivity contribution < 1.29 is 19.3 Å². The molecular formula is C28H37N3O4. The molecule has 1 heterocycles. The van der Waals surface area contributed by atoms with Crippen LogP contribution in [-0.2, 0) is 17.7 Å². The molecule has 0 aliphatic carbocycles. The highest BCUT2D eigenvalue weighted by molar-refractivity contribution is 5.44. The Morgan fingerprint density at radius 2 is 1.77 bits per heavy atom. The fourth-order valence-electron chi connectivity index (χ4n) is 3.80. The fourth-order valence-corrected chi connectivity index (χ4v) is 3.80. The normalized spacial score (nSPS) is 12.2. The van der Waals surface area contributed by atoms with Crippen molar-refractivity contribution >= 4 is 0 Å². The Balaban J connectivity index is 1.97. The highest BCUT2D eigenvalue weighted by Crippen LogP contribution is 2.33. The zero-order valence-electron chi connectivity index (χ0n) is 21.2. The van der Waals surface area contributed by atoms with Gasteiger partial charge in [-0.05, 0) is 56.7 Å². The predicted molar refractivity (Wildman–Crippen MR) is 139 cm³/mol. The van der Waals surface area contributed by atoms with Gasteiger partial charge in [-0.25, -0.2) is 4.68 Å². The summed E-state index contributed by atoms with van der Waals surface area (Å²) in [6, 6.07) is 17.7. The number of methoxy groups -OCH3 is 1. The van der Waals surface area contributed by atoms with Crippen molar-refractivity contribution in [2.24, 2.45) is 0 Å². The average molecular weight is 480 g/mol. The summed E-state index contributed by atoms with van der Waals surface area (Å²) < 4.78 is 19.1. The molecule has 0 radical (unpaired) electrons. The van der Waals surface area contributed by atoms with Crippen LogP contribution in [0.1, 0.15) is 32.0 Å². The molecule has 1 aromatic heterocycles. The van der Waals surface area contributed by atoms with Crippen molar-refractivity contribution in [2.45, 2.75) is 45.9 Å². The van der Waals surface area contributed by atoms with E-state index in [9.17, 15) is 5.11 Å². The third-order valence-electron chi connectivity index (χ3n) is 5.71. The van der Waals surface area contributed by atoms with Crippen LogP contribution in [0.3, 0.4) is 0 Å². The Kier molecular flexibility index (Phi) is 9.90. The van der Waals surface area contributed by atoms with Gasteiger partial charge in [0.2, 0.25) is 5.88 Å². The molecule has 1 unspecified atom stereocenters. The molecule has 0 amide bonds. The van der Waals surface area contributed by atoms with Crippen LogP contribution in [0.5, 0.6) is 17.4 Å². The lowest BCUT2D eigenvalue weighted by Crippen LogP contribution is -2.39. The molecule has 0 bridgehead atoms. The van der Waals surface area contributed by atoms with Crippen molar-refractivity contribution in [3.8, 4) is 23.1 Å². The molecule has 0 aliphatic rings. The third-order valence-corrected chi connectivity index (χ3v) is 5.71. The zero-order chi connectivity index (χ0) is 25.2. The van der Waals surface area contributed by atoms with Crippen molar-refractivity contribution in [3.63, 3.8) is 0 Å². The molecule has 1 atom stereocenters. The summed E-state index contributed by atoms with van der Waals surface area (Å²) in [5.41, 5.74) is 2.88. The predicted octanol–water partition coefficient (Wildman–Crippen LogP) is 5.01. The largest absolute Gasteiger partial charge is 0.497 e. The summed E-state index contributed by atoms with van der Waals surface area (Å²) in [7, 11) is 1.64. The zero-order valence-corrected chi connectivity index (χ0v) is 21.2. The summed E-state index contributed by atoms with van der Waals surface area (Å²) in [6.45, 7) is 11.7. The Hall–Kier alpha value is -3.13. The number of nitrogens with zero attached hydrogens (tertiary/aromatic N) is 3. The molecule has 7 nitrogen and oxygen atoms in total. The highest BCUT2D eigenvalue weighted by atomic mass is 16.5. The number of aliphatic hydroxyl groups is 1. The summed E-state index contributed by atoms with van der Waals surface area (Å²) in [5, 5.41) is 15.5. The molecule has 3 aromatic rings. The summed E-state index contributed by atoms with van der Waals surface area (Å²) in [4.78, 5) is 2.22. The standard InChI is InChI=1S/C28H37N3O4/c1-6-17-34-20-23(32)18-30(21(3)4)19-26-27(7-2)29-31(22-11-9-8-10-12-22)28(26)35-25-15-13-24(33-5)14-16-25/h6,8-16,21,23,32H,1,7,17-20H2,2-5H3. The number of aromatic nitrogens is 2. The summed E-state index contributed by atoms with van der Waals surface area (Å²) in [5.74, 6) is 2.13. The summed E-state index contributed by atoms with van der Waals surface area (Å²) in [6.07, 6.45) is 1.82. The van der Waals surface area contributed by atoms with E-state index in [1.807, 2.05) is 59.3 Å². The van der Waals surface area contributed by atoms with Crippen molar-refractivity contribution in [3.05, 3.63) is 78.5 Å². The quantitative estimate of drug-likeness (QED) is 0.259. The second kappa shape index (κ2) is 13.1. The Labute approximate surface area is 208 Å². The van der Waals surface area contributed by atoms with Crippen molar-refractivity contribution in [1.29, 1.82) is 0 Å². The molecular weight excluding hydrogens is 442 g/mol. The van der Waals surface area contributed by atoms with E-state index < -0.39 is 6.10 Å². The number of aryl methyl sites for hydroxylation is 1. The van der Waals surface area contributed by atoms with E-state index in [0.29, 0.717) is 31.3 Å². The first kappa shape index (κ1) is 26.5. The highest BCUT2D eigenvalue weighted by Gasteiger charge is 2.25. The number of hydrogen-bond donors (Lipinski definition) is 1. The van der Waals surface area contributed by atoms with Gasteiger partial charge in [0.15, 0.2) is 0 Å². The molecule has 0 saturated heterocycles. The first-order valence-electron chi connectivity index (χ1n) is 12.1. The smallest absolute Gasteiger partial charge is 0.227 e. The minimum Gasteiger partial charge on any atom is -0.497 e. The lowest BCUT2D eigenvalue weighted by molar-refractivity contribution is 0.0176. The Morgan fingerprint density at radius 1 is 1.09 bits per heavy atom. The third kappa shape index (κ3) is 7.18. The molecule has 0 saturated carbocycles. The minimum atomic E-state index is -0.613. The first-order valence-corrected chi connectivity index (χ1v) is 12.1. The van der Waals surface area contributed by atoms with Crippen LogP contribution in [0, 0.1) is 0 Å². The Morgan fingerprint density at radius 3 is 2.37 bits per heavy atom. The van der Waals surface area contributed by atoms with Crippen LogP contribution in [0.2, 0.25) is 0 Å². The van der Waals surface area contributed by atoms with Crippen LogP contribution in [0.4, 0.5) is 0 Å². The van der Waals surface area contributed by atoms with Crippen LogP contribution in [-0.4, -0.2) is 58.8 Å². The van der Waals surface area contributed by atoms with E-state index >= 15 is 0 Å². The molecule has 0 aliphatic heterocycles. The van der Waals surface area contributed by atoms with Gasteiger partial charge in [0.1, 0.15) is 11.5 Å². The van der Waals surface area contributed by atoms with Gasteiger partial charge in [0.05, 0.1) is 43.4 Å². The van der Waals surface area contributed by atoms with Crippen LogP contribution in [0.25, 0.3) is 5.69 Å². The van der Waals surface area contributed by atoms with Gasteiger partial charge in [0, 0.05) is 19.1 Å². The summed E-state index contributed by atoms with van der Waals surface area (Å²) >= 11 is 0. The number of aliphatic hydroxyl groups excluding tert-OH is 1.